The summed E-state index contributed by atoms with van der Waals surface area (Å²) in [6.07, 6.45) is 2.74. The lowest BCUT2D eigenvalue weighted by molar-refractivity contribution is -0.116. The van der Waals surface area contributed by atoms with Crippen LogP contribution in [0.25, 0.3) is 10.2 Å². The summed E-state index contributed by atoms with van der Waals surface area (Å²) in [5.74, 6) is 0.861. The van der Waals surface area contributed by atoms with Gasteiger partial charge in [-0.2, -0.15) is 0 Å². The van der Waals surface area contributed by atoms with Crippen molar-refractivity contribution in [3.8, 4) is 5.75 Å². The third kappa shape index (κ3) is 4.09. The fourth-order valence-electron chi connectivity index (χ4n) is 2.54. The minimum absolute atomic E-state index is 0. The molecule has 1 fully saturated rings. The van der Waals surface area contributed by atoms with Gasteiger partial charge in [-0.15, -0.1) is 12.4 Å². The summed E-state index contributed by atoms with van der Waals surface area (Å²) in [6, 6.07) is 6.10. The molecule has 0 spiro atoms. The maximum atomic E-state index is 12.0. The summed E-state index contributed by atoms with van der Waals surface area (Å²) < 4.78 is 6.50. The highest BCUT2D eigenvalue weighted by Crippen LogP contribution is 2.29. The third-order valence-electron chi connectivity index (χ3n) is 3.51. The van der Waals surface area contributed by atoms with Crippen molar-refractivity contribution >= 4 is 45.0 Å². The molecule has 7 heteroatoms. The van der Waals surface area contributed by atoms with Crippen LogP contribution in [0, 0.1) is 0 Å². The molecule has 2 N–H and O–H groups in total. The van der Waals surface area contributed by atoms with Crippen molar-refractivity contribution in [3.63, 3.8) is 0 Å². The van der Waals surface area contributed by atoms with Crippen LogP contribution in [0.1, 0.15) is 26.2 Å². The molecule has 1 aromatic heterocycles. The molecule has 3 rings (SSSR count). The minimum Gasteiger partial charge on any atom is -0.494 e. The number of hydrogen-bond donors (Lipinski definition) is 2. The Morgan fingerprint density at radius 2 is 2.41 bits per heavy atom. The molecule has 0 aliphatic carbocycles. The molecule has 0 bridgehead atoms. The Labute approximate surface area is 139 Å². The molecule has 2 heterocycles. The van der Waals surface area contributed by atoms with Crippen LogP contribution in [0.2, 0.25) is 0 Å². The summed E-state index contributed by atoms with van der Waals surface area (Å²) in [7, 11) is 0. The van der Waals surface area contributed by atoms with E-state index in [0.29, 0.717) is 24.2 Å². The lowest BCUT2D eigenvalue weighted by Crippen LogP contribution is -2.27. The molecule has 1 aliphatic rings. The predicted octanol–water partition coefficient (Wildman–Crippen LogP) is 3.20. The average molecular weight is 342 g/mol. The van der Waals surface area contributed by atoms with Crippen molar-refractivity contribution in [2.45, 2.75) is 32.2 Å². The van der Waals surface area contributed by atoms with Crippen LogP contribution >= 0.6 is 23.7 Å². The molecule has 1 aliphatic heterocycles. The van der Waals surface area contributed by atoms with Crippen molar-refractivity contribution in [2.75, 3.05) is 18.5 Å². The van der Waals surface area contributed by atoms with Crippen LogP contribution in [-0.4, -0.2) is 30.1 Å². The van der Waals surface area contributed by atoms with Gasteiger partial charge in [0, 0.05) is 12.5 Å². The lowest BCUT2D eigenvalue weighted by Gasteiger charge is -2.08. The van der Waals surface area contributed by atoms with Crippen LogP contribution in [0.15, 0.2) is 18.2 Å². The first kappa shape index (κ1) is 17.0. The smallest absolute Gasteiger partial charge is 0.227 e. The highest BCUT2D eigenvalue weighted by Gasteiger charge is 2.18. The van der Waals surface area contributed by atoms with Gasteiger partial charge in [0.15, 0.2) is 5.13 Å². The standard InChI is InChI=1S/C15H19N3O2S.ClH/c1-2-20-11-5-6-12-13(9-11)21-15(17-12)18-14(19)8-10-4-3-7-16-10;/h5-6,9-10,16H,2-4,7-8H2,1H3,(H,17,18,19);1H. The molecular weight excluding hydrogens is 322 g/mol. The van der Waals surface area contributed by atoms with Crippen molar-refractivity contribution in [3.05, 3.63) is 18.2 Å². The van der Waals surface area contributed by atoms with Crippen molar-refractivity contribution in [1.29, 1.82) is 0 Å². The number of thiazole rings is 1. The van der Waals surface area contributed by atoms with Crippen molar-refractivity contribution in [2.24, 2.45) is 0 Å². The van der Waals surface area contributed by atoms with E-state index in [1.165, 1.54) is 11.3 Å². The van der Waals surface area contributed by atoms with E-state index in [4.69, 9.17) is 4.74 Å². The number of nitrogens with zero attached hydrogens (tertiary/aromatic N) is 1. The molecule has 1 atom stereocenters. The number of nitrogens with one attached hydrogen (secondary N) is 2. The van der Waals surface area contributed by atoms with E-state index in [0.717, 1.165) is 35.4 Å². The number of carbonyl (C=O) groups is 1. The number of ether oxygens (including phenoxy) is 1. The van der Waals surface area contributed by atoms with Gasteiger partial charge < -0.3 is 15.4 Å². The molecule has 22 heavy (non-hydrogen) atoms. The van der Waals surface area contributed by atoms with E-state index in [1.54, 1.807) is 0 Å². The summed E-state index contributed by atoms with van der Waals surface area (Å²) in [4.78, 5) is 16.4. The predicted molar refractivity (Wildman–Crippen MR) is 92.3 cm³/mol. The zero-order valence-electron chi connectivity index (χ0n) is 12.4. The average Bonchev–Trinajstić information content (AvgIpc) is 3.07. The second-order valence-electron chi connectivity index (χ2n) is 5.13. The van der Waals surface area contributed by atoms with Gasteiger partial charge in [0.2, 0.25) is 5.91 Å². The first-order chi connectivity index (χ1) is 10.2. The maximum Gasteiger partial charge on any atom is 0.227 e. The number of rotatable bonds is 5. The van der Waals surface area contributed by atoms with Crippen LogP contribution in [0.4, 0.5) is 5.13 Å². The fourth-order valence-corrected chi connectivity index (χ4v) is 3.45. The van der Waals surface area contributed by atoms with E-state index in [1.807, 2.05) is 25.1 Å². The monoisotopic (exact) mass is 341 g/mol. The van der Waals surface area contributed by atoms with Gasteiger partial charge in [-0.3, -0.25) is 4.79 Å². The Morgan fingerprint density at radius 3 is 3.14 bits per heavy atom. The van der Waals surface area contributed by atoms with E-state index in [9.17, 15) is 4.79 Å². The summed E-state index contributed by atoms with van der Waals surface area (Å²) >= 11 is 1.48. The van der Waals surface area contributed by atoms with Crippen LogP contribution < -0.4 is 15.4 Å². The quantitative estimate of drug-likeness (QED) is 0.876. The van der Waals surface area contributed by atoms with Gasteiger partial charge in [-0.1, -0.05) is 11.3 Å². The SMILES string of the molecule is CCOc1ccc2nc(NC(=O)CC3CCCN3)sc2c1.Cl. The number of benzene rings is 1. The fraction of sp³-hybridized carbons (Fsp3) is 0.467. The number of halogens is 1. The molecule has 1 aromatic carbocycles. The largest absolute Gasteiger partial charge is 0.494 e. The van der Waals surface area contributed by atoms with Crippen molar-refractivity contribution in [1.82, 2.24) is 10.3 Å². The van der Waals surface area contributed by atoms with Crippen LogP contribution in [-0.2, 0) is 4.79 Å². The van der Waals surface area contributed by atoms with Crippen LogP contribution in [0.5, 0.6) is 5.75 Å². The molecule has 5 nitrogen and oxygen atoms in total. The highest BCUT2D eigenvalue weighted by molar-refractivity contribution is 7.22. The van der Waals surface area contributed by atoms with E-state index < -0.39 is 0 Å². The van der Waals surface area contributed by atoms with Gasteiger partial charge in [0.25, 0.3) is 0 Å². The van der Waals surface area contributed by atoms with E-state index >= 15 is 0 Å². The van der Waals surface area contributed by atoms with Crippen LogP contribution in [0.3, 0.4) is 0 Å². The first-order valence-corrected chi connectivity index (χ1v) is 8.13. The Bertz CT molecular complexity index is 641. The van der Waals surface area contributed by atoms with E-state index in [2.05, 4.69) is 15.6 Å². The zero-order chi connectivity index (χ0) is 14.7. The second kappa shape index (κ2) is 7.76. The number of amides is 1. The Kier molecular flexibility index (Phi) is 5.99. The van der Waals surface area contributed by atoms with Gasteiger partial charge in [0.1, 0.15) is 5.75 Å². The zero-order valence-corrected chi connectivity index (χ0v) is 14.1. The minimum atomic E-state index is 0. The molecule has 0 radical (unpaired) electrons. The van der Waals surface area contributed by atoms with Crippen molar-refractivity contribution < 1.29 is 9.53 Å². The Hall–Kier alpha value is -1.37. The first-order valence-electron chi connectivity index (χ1n) is 7.31. The molecule has 120 valence electrons. The number of carbonyl (C=O) groups excluding carboxylic acids is 1. The maximum absolute atomic E-state index is 12.0. The molecule has 1 unspecified atom stereocenters. The van der Waals surface area contributed by atoms with Gasteiger partial charge in [0.05, 0.1) is 16.8 Å². The highest BCUT2D eigenvalue weighted by atomic mass is 35.5. The third-order valence-corrected chi connectivity index (χ3v) is 4.45. The molecule has 0 saturated carbocycles. The second-order valence-corrected chi connectivity index (χ2v) is 6.16. The summed E-state index contributed by atoms with van der Waals surface area (Å²) in [5.41, 5.74) is 0.887. The van der Waals surface area contributed by atoms with E-state index in [-0.39, 0.29) is 18.3 Å². The number of aromatic nitrogens is 1. The Morgan fingerprint density at radius 1 is 1.55 bits per heavy atom. The summed E-state index contributed by atoms with van der Waals surface area (Å²) in [5, 5.41) is 6.88. The normalized spacial score (nSPS) is 17.2. The van der Waals surface area contributed by atoms with Gasteiger partial charge in [-0.25, -0.2) is 4.98 Å². The molecular formula is C15H20ClN3O2S. The van der Waals surface area contributed by atoms with Gasteiger partial charge >= 0.3 is 0 Å². The van der Waals surface area contributed by atoms with Gasteiger partial charge in [-0.05, 0) is 44.5 Å². The number of anilines is 1. The molecule has 1 saturated heterocycles. The molecule has 2 aromatic rings. The number of fused-ring (bicyclic) bond motifs is 1. The lowest BCUT2D eigenvalue weighted by atomic mass is 10.1. The molecule has 1 amide bonds. The number of hydrogen-bond acceptors (Lipinski definition) is 5. The topological polar surface area (TPSA) is 63.2 Å². The summed E-state index contributed by atoms with van der Waals surface area (Å²) in [6.45, 7) is 3.61. The Balaban J connectivity index is 0.00000176.